The molecule has 0 aliphatic carbocycles. The van der Waals surface area contributed by atoms with Crippen LogP contribution >= 0.6 is 0 Å². The molecule has 0 amide bonds. The fourth-order valence-electron chi connectivity index (χ4n) is 12.9. The van der Waals surface area contributed by atoms with Gasteiger partial charge in [-0.15, -0.1) is 0 Å². The van der Waals surface area contributed by atoms with Gasteiger partial charge < -0.3 is 71.0 Å². The van der Waals surface area contributed by atoms with Crippen LogP contribution in [0, 0.1) is 0 Å². The van der Waals surface area contributed by atoms with Crippen molar-refractivity contribution in [1.29, 1.82) is 0 Å². The topological polar surface area (TPSA) is 271 Å². The summed E-state index contributed by atoms with van der Waals surface area (Å²) < 4.78 is 0. The molecule has 14 N–H and O–H groups in total. The van der Waals surface area contributed by atoms with Gasteiger partial charge in [-0.2, -0.15) is 21.9 Å². The Kier molecular flexibility index (Phi) is 37.3. The van der Waals surface area contributed by atoms with Crippen LogP contribution in [0.5, 0.6) is 23.0 Å². The summed E-state index contributed by atoms with van der Waals surface area (Å²) in [4.78, 5) is 43.5. The summed E-state index contributed by atoms with van der Waals surface area (Å²) in [7, 11) is 0. The lowest BCUT2D eigenvalue weighted by Gasteiger charge is -2.10. The maximum Gasteiger partial charge on any atom is 0.147 e. The van der Waals surface area contributed by atoms with E-state index in [-0.39, 0.29) is 26.4 Å². The quantitative estimate of drug-likeness (QED) is 0.0125. The first-order valence-electron chi connectivity index (χ1n) is 39.0. The number of hydrogen-bond donors (Lipinski definition) is 14. The predicted octanol–water partition coefficient (Wildman–Crippen LogP) is 14.5. The first-order valence-corrected chi connectivity index (χ1v) is 39.0. The van der Waals surface area contributed by atoms with Gasteiger partial charge >= 0.3 is 0 Å². The molecule has 0 spiro atoms. The van der Waals surface area contributed by atoms with Gasteiger partial charge in [0.25, 0.3) is 0 Å². The number of unbranched alkanes of at least 4 members (excludes halogenated alkanes) is 16. The van der Waals surface area contributed by atoms with Crippen molar-refractivity contribution in [3.63, 3.8) is 0 Å². The molecule has 104 heavy (non-hydrogen) atoms. The zero-order chi connectivity index (χ0) is 72.1. The Bertz CT molecular complexity index is 3270. The lowest BCUT2D eigenvalue weighted by Crippen LogP contribution is -2.20. The number of fused-ring (bicyclic) bond motifs is 8. The second-order valence-corrected chi connectivity index (χ2v) is 27.0. The number of hydroxylamine groups is 4. The zero-order valence-corrected chi connectivity index (χ0v) is 61.5. The van der Waals surface area contributed by atoms with Crippen molar-refractivity contribution in [2.75, 3.05) is 105 Å². The average molecular weight is 1420 g/mol. The molecule has 0 radical (unpaired) electrons. The van der Waals surface area contributed by atoms with Crippen LogP contribution in [-0.4, -0.2) is 145 Å². The van der Waals surface area contributed by atoms with Crippen LogP contribution in [0.4, 0.5) is 0 Å². The van der Waals surface area contributed by atoms with Crippen molar-refractivity contribution in [1.82, 2.24) is 63.1 Å². The third-order valence-corrected chi connectivity index (χ3v) is 18.7. The van der Waals surface area contributed by atoms with Crippen LogP contribution < -0.4 is 62.5 Å². The Morgan fingerprint density at radius 2 is 0.423 bits per heavy atom. The van der Waals surface area contributed by atoms with Gasteiger partial charge in [0.15, 0.2) is 0 Å². The minimum Gasteiger partial charge on any atom is -0.409 e. The van der Waals surface area contributed by atoms with Crippen LogP contribution in [0.3, 0.4) is 0 Å². The van der Waals surface area contributed by atoms with E-state index in [2.05, 4.69) is 150 Å². The Hall–Kier alpha value is -7.80. The van der Waals surface area contributed by atoms with Crippen molar-refractivity contribution in [2.24, 2.45) is 0 Å². The van der Waals surface area contributed by atoms with Gasteiger partial charge in [0.1, 0.15) is 23.0 Å². The lowest BCUT2D eigenvalue weighted by molar-refractivity contribution is 0.193. The number of H-pyrrole nitrogens is 2. The summed E-state index contributed by atoms with van der Waals surface area (Å²) >= 11 is 0. The van der Waals surface area contributed by atoms with Crippen LogP contribution in [0.1, 0.15) is 177 Å². The summed E-state index contributed by atoms with van der Waals surface area (Å²) in [5, 5.41) is 50.4. The molecule has 0 saturated heterocycles. The maximum atomic E-state index is 9.07. The molecule has 5 heterocycles. The molecule has 7 aromatic rings. The van der Waals surface area contributed by atoms with E-state index in [4.69, 9.17) is 49.7 Å². The maximum absolute atomic E-state index is 9.07. The molecule has 9 rings (SSSR count). The van der Waals surface area contributed by atoms with E-state index in [9.17, 15) is 0 Å². The van der Waals surface area contributed by atoms with Gasteiger partial charge in [-0.05, 0) is 300 Å². The number of benzene rings is 4. The fraction of sp³-hybridized carbons (Fsp3) is 0.476. The number of hydrogen-bond acceptors (Lipinski definition) is 18. The Morgan fingerprint density at radius 1 is 0.231 bits per heavy atom. The van der Waals surface area contributed by atoms with Gasteiger partial charge in [0, 0.05) is 96.9 Å². The lowest BCUT2D eigenvalue weighted by atomic mass is 10.0. The second-order valence-electron chi connectivity index (χ2n) is 27.0. The average Bonchev–Trinajstić information content (AvgIpc) is 1.61. The van der Waals surface area contributed by atoms with E-state index in [0.717, 1.165) is 322 Å². The number of nitrogens with zero attached hydrogens (tertiary/aromatic N) is 2. The van der Waals surface area contributed by atoms with E-state index >= 15 is 0 Å². The van der Waals surface area contributed by atoms with Crippen LogP contribution in [0.15, 0.2) is 121 Å². The first-order chi connectivity index (χ1) is 51.5. The third kappa shape index (κ3) is 27.6. The monoisotopic (exact) mass is 1420 g/mol. The normalized spacial score (nSPS) is 11.9. The molecule has 20 nitrogen and oxygen atoms in total. The molecule has 3 aromatic heterocycles. The molecule has 0 unspecified atom stereocenters. The van der Waals surface area contributed by atoms with E-state index in [1.165, 1.54) is 0 Å². The van der Waals surface area contributed by atoms with Crippen molar-refractivity contribution >= 4 is 46.4 Å². The highest BCUT2D eigenvalue weighted by atomic mass is 16.7. The second kappa shape index (κ2) is 48.3. The van der Waals surface area contributed by atoms with Gasteiger partial charge in [-0.3, -0.25) is 0 Å². The summed E-state index contributed by atoms with van der Waals surface area (Å²) in [5.41, 5.74) is 27.0. The number of rotatable bonds is 56. The van der Waals surface area contributed by atoms with Crippen molar-refractivity contribution in [3.05, 3.63) is 144 Å². The Balaban J connectivity index is 1.02. The molecule has 2 aliphatic rings. The summed E-state index contributed by atoms with van der Waals surface area (Å²) in [6.45, 7) is 11.9. The number of aromatic nitrogens is 4. The van der Waals surface area contributed by atoms with E-state index in [1.807, 2.05) is 48.5 Å². The van der Waals surface area contributed by atoms with Gasteiger partial charge in [-0.1, -0.05) is 74.2 Å². The fourth-order valence-corrected chi connectivity index (χ4v) is 12.9. The van der Waals surface area contributed by atoms with Crippen LogP contribution in [0.2, 0.25) is 0 Å². The summed E-state index contributed by atoms with van der Waals surface area (Å²) in [6, 6.07) is 41.5. The number of aromatic amines is 2. The highest BCUT2D eigenvalue weighted by Gasteiger charge is 2.20. The largest absolute Gasteiger partial charge is 0.409 e. The standard InChI is InChI=1S/C84H118N12O8/c97-61-21-5-13-53-85-49-9-1-17-57-89-101-69-33-25-65(26-34-69)81-73-41-43-75(93-73)82(66-27-35-70(36-28-66)102-90-58-18-2-10-50-86-54-14-6-22-62-98)77-45-47-79(95-77)84(68-31-39-72(40-32-68)104-92-60-20-4-12-52-88-56-16-8-24-64-100)80-48-46-78(96-80)83(76-44-42-74(81)94-76)67-29-37-71(38-30-67)103-91-59-19-3-11-51-87-55-15-7-23-63-99/h25-48,85-93,96-100H,1-24,49-64H2. The van der Waals surface area contributed by atoms with Crippen molar-refractivity contribution in [3.8, 4) is 67.5 Å². The molecular weight excluding hydrogens is 1300 g/mol. The number of aliphatic hydroxyl groups is 4. The molecule has 0 saturated carbocycles. The predicted molar refractivity (Wildman–Crippen MR) is 426 cm³/mol. The molecule has 562 valence electrons. The van der Waals surface area contributed by atoms with Crippen molar-refractivity contribution < 1.29 is 39.8 Å². The highest BCUT2D eigenvalue weighted by Crippen LogP contribution is 2.40. The Labute approximate surface area is 616 Å². The van der Waals surface area contributed by atoms with E-state index < -0.39 is 0 Å². The molecule has 20 heteroatoms. The van der Waals surface area contributed by atoms with E-state index in [1.54, 1.807) is 0 Å². The minimum atomic E-state index is 0.264. The third-order valence-electron chi connectivity index (χ3n) is 18.7. The molecule has 4 aromatic carbocycles. The van der Waals surface area contributed by atoms with Gasteiger partial charge in [-0.25, -0.2) is 9.97 Å². The number of nitrogens with one attached hydrogen (secondary N) is 10. The Morgan fingerprint density at radius 3 is 0.625 bits per heavy atom. The van der Waals surface area contributed by atoms with Crippen molar-refractivity contribution in [2.45, 2.75) is 154 Å². The van der Waals surface area contributed by atoms with Gasteiger partial charge in [0.05, 0.1) is 22.8 Å². The van der Waals surface area contributed by atoms with Gasteiger partial charge in [0.2, 0.25) is 0 Å². The highest BCUT2D eigenvalue weighted by molar-refractivity contribution is 6.00. The zero-order valence-electron chi connectivity index (χ0n) is 61.5. The smallest absolute Gasteiger partial charge is 0.147 e. The minimum absolute atomic E-state index is 0.264. The summed E-state index contributed by atoms with van der Waals surface area (Å²) in [6.07, 6.45) is 33.2. The molecule has 8 bridgehead atoms. The SMILES string of the molecule is OCCCCCNCCCCCNOc1ccc(-c2c3nc(c(-c4ccc(ONCCCCCNCCCCCO)cc4)c4ccc([nH]4)c(-c4ccc(ONCCCCCNCCCCCO)cc4)c4nc(c(-c5ccc(ONCCCCCNCCCCCO)cc5)c5ccc2[nH]5)C=C4)C=C3)cc1. The molecule has 0 fully saturated rings. The number of aliphatic hydroxyl groups excluding tert-OH is 4. The first kappa shape index (κ1) is 80.3. The van der Waals surface area contributed by atoms with E-state index in [0.29, 0.717) is 23.0 Å². The summed E-state index contributed by atoms with van der Waals surface area (Å²) in [5.74, 6) is 2.85. The van der Waals surface area contributed by atoms with Crippen LogP contribution in [-0.2, 0) is 0 Å². The molecular formula is C84H118N12O8. The molecule has 0 atom stereocenters. The van der Waals surface area contributed by atoms with Crippen LogP contribution in [0.25, 0.3) is 90.9 Å². The molecule has 2 aliphatic heterocycles.